The minimum absolute atomic E-state index is 0.0850. The maximum Gasteiger partial charge on any atom is 0.308 e. The van der Waals surface area contributed by atoms with Crippen molar-refractivity contribution < 1.29 is 14.7 Å². The van der Waals surface area contributed by atoms with Crippen molar-refractivity contribution in [2.24, 2.45) is 5.92 Å². The molecular formula is C21H21N3O3S. The summed E-state index contributed by atoms with van der Waals surface area (Å²) in [4.78, 5) is 32.3. The zero-order chi connectivity index (χ0) is 19.9. The highest BCUT2D eigenvalue weighted by atomic mass is 32.1. The number of thiazole rings is 1. The quantitative estimate of drug-likeness (QED) is 0.611. The fourth-order valence-corrected chi connectivity index (χ4v) is 3.54. The lowest BCUT2D eigenvalue weighted by atomic mass is 9.98. The number of carboxylic acid groups (broad SMARTS) is 1. The van der Waals surface area contributed by atoms with Gasteiger partial charge in [-0.1, -0.05) is 29.8 Å². The van der Waals surface area contributed by atoms with E-state index in [1.807, 2.05) is 48.7 Å². The van der Waals surface area contributed by atoms with Crippen molar-refractivity contribution in [1.82, 2.24) is 15.3 Å². The van der Waals surface area contributed by atoms with Crippen molar-refractivity contribution in [2.75, 3.05) is 6.54 Å². The van der Waals surface area contributed by atoms with Crippen LogP contribution in [0.15, 0.2) is 54.2 Å². The van der Waals surface area contributed by atoms with Gasteiger partial charge in [0.05, 0.1) is 18.0 Å². The number of aromatic nitrogens is 2. The third kappa shape index (κ3) is 5.47. The van der Waals surface area contributed by atoms with E-state index in [2.05, 4.69) is 15.3 Å². The lowest BCUT2D eigenvalue weighted by Crippen LogP contribution is -2.35. The predicted molar refractivity (Wildman–Crippen MR) is 108 cm³/mol. The molecule has 6 nitrogen and oxygen atoms in total. The Morgan fingerprint density at radius 3 is 2.68 bits per heavy atom. The Morgan fingerprint density at radius 2 is 2.00 bits per heavy atom. The molecule has 1 aromatic carbocycles. The van der Waals surface area contributed by atoms with Crippen LogP contribution in [0.1, 0.15) is 16.8 Å². The van der Waals surface area contributed by atoms with E-state index in [0.717, 1.165) is 21.7 Å². The van der Waals surface area contributed by atoms with Gasteiger partial charge in [-0.3, -0.25) is 14.6 Å². The van der Waals surface area contributed by atoms with Crippen LogP contribution >= 0.6 is 11.3 Å². The van der Waals surface area contributed by atoms with Gasteiger partial charge in [0.15, 0.2) is 0 Å². The lowest BCUT2D eigenvalue weighted by Gasteiger charge is -2.13. The standard InChI is InChI=1S/C21H21N3O3S/c1-14-4-6-15(7-5-14)9-17(21(26)27)12-23-19(25)10-18-13-28-20(24-18)16-3-2-8-22-11-16/h2-8,11,13,17H,9-10,12H2,1H3,(H,23,25)(H,26,27)/t17-/m0/s1. The van der Waals surface area contributed by atoms with Crippen molar-refractivity contribution in [2.45, 2.75) is 19.8 Å². The van der Waals surface area contributed by atoms with E-state index in [9.17, 15) is 14.7 Å². The molecule has 0 bridgehead atoms. The molecule has 0 spiro atoms. The fourth-order valence-electron chi connectivity index (χ4n) is 2.73. The Kier molecular flexibility index (Phi) is 6.49. The number of nitrogens with one attached hydrogen (secondary N) is 1. The molecule has 0 fully saturated rings. The summed E-state index contributed by atoms with van der Waals surface area (Å²) >= 11 is 1.45. The highest BCUT2D eigenvalue weighted by Crippen LogP contribution is 2.22. The number of hydrogen-bond acceptors (Lipinski definition) is 5. The summed E-state index contributed by atoms with van der Waals surface area (Å²) in [6.07, 6.45) is 3.91. The first-order chi connectivity index (χ1) is 13.5. The van der Waals surface area contributed by atoms with Crippen LogP contribution in [0.3, 0.4) is 0 Å². The fraction of sp³-hybridized carbons (Fsp3) is 0.238. The van der Waals surface area contributed by atoms with Gasteiger partial charge in [0, 0.05) is 29.9 Å². The van der Waals surface area contributed by atoms with Crippen LogP contribution < -0.4 is 5.32 Å². The number of carbonyl (C=O) groups is 2. The van der Waals surface area contributed by atoms with E-state index in [1.165, 1.54) is 11.3 Å². The van der Waals surface area contributed by atoms with E-state index in [4.69, 9.17) is 0 Å². The first-order valence-corrected chi connectivity index (χ1v) is 9.79. The molecule has 3 aromatic rings. The van der Waals surface area contributed by atoms with Gasteiger partial charge in [0.1, 0.15) is 5.01 Å². The highest BCUT2D eigenvalue weighted by Gasteiger charge is 2.19. The molecule has 1 atom stereocenters. The van der Waals surface area contributed by atoms with Gasteiger partial charge >= 0.3 is 5.97 Å². The number of amides is 1. The van der Waals surface area contributed by atoms with E-state index in [-0.39, 0.29) is 18.9 Å². The number of carbonyl (C=O) groups excluding carboxylic acids is 1. The number of aryl methyl sites for hydroxylation is 1. The van der Waals surface area contributed by atoms with Gasteiger partial charge in [-0.2, -0.15) is 0 Å². The molecule has 0 aliphatic heterocycles. The second-order valence-electron chi connectivity index (χ2n) is 6.59. The van der Waals surface area contributed by atoms with Gasteiger partial charge in [0.25, 0.3) is 0 Å². The average Bonchev–Trinajstić information content (AvgIpc) is 3.15. The topological polar surface area (TPSA) is 92.2 Å². The second-order valence-corrected chi connectivity index (χ2v) is 7.45. The first kappa shape index (κ1) is 19.7. The number of benzene rings is 1. The van der Waals surface area contributed by atoms with Gasteiger partial charge in [-0.25, -0.2) is 4.98 Å². The van der Waals surface area contributed by atoms with E-state index in [0.29, 0.717) is 12.1 Å². The molecule has 28 heavy (non-hydrogen) atoms. The molecule has 0 aliphatic carbocycles. The average molecular weight is 395 g/mol. The molecule has 2 heterocycles. The number of pyridine rings is 1. The predicted octanol–water partition coefficient (Wildman–Crippen LogP) is 3.12. The summed E-state index contributed by atoms with van der Waals surface area (Å²) in [5.74, 6) is -1.83. The van der Waals surface area contributed by atoms with Crippen molar-refractivity contribution in [3.63, 3.8) is 0 Å². The van der Waals surface area contributed by atoms with Crippen LogP contribution in [0.25, 0.3) is 10.6 Å². The molecule has 0 aliphatic rings. The molecule has 144 valence electrons. The molecule has 0 saturated carbocycles. The molecule has 3 rings (SSSR count). The summed E-state index contributed by atoms with van der Waals surface area (Å²) in [6, 6.07) is 11.5. The van der Waals surface area contributed by atoms with Crippen molar-refractivity contribution in [1.29, 1.82) is 0 Å². The zero-order valence-corrected chi connectivity index (χ0v) is 16.3. The normalized spacial score (nSPS) is 11.8. The molecule has 2 aromatic heterocycles. The Labute approximate surface area is 167 Å². The number of hydrogen-bond donors (Lipinski definition) is 2. The second kappa shape index (κ2) is 9.23. The van der Waals surface area contributed by atoms with Gasteiger partial charge in [-0.05, 0) is 31.0 Å². The molecular weight excluding hydrogens is 374 g/mol. The number of aliphatic carboxylic acids is 1. The largest absolute Gasteiger partial charge is 0.481 e. The Morgan fingerprint density at radius 1 is 1.21 bits per heavy atom. The van der Waals surface area contributed by atoms with E-state index < -0.39 is 11.9 Å². The minimum atomic E-state index is -0.923. The SMILES string of the molecule is Cc1ccc(C[C@@H](CNC(=O)Cc2csc(-c3cccnc3)n2)C(=O)O)cc1. The molecule has 7 heteroatoms. The van der Waals surface area contributed by atoms with Crippen molar-refractivity contribution in [3.8, 4) is 10.6 Å². The summed E-state index contributed by atoms with van der Waals surface area (Å²) in [5, 5.41) is 14.8. The van der Waals surface area contributed by atoms with E-state index in [1.54, 1.807) is 12.4 Å². The Balaban J connectivity index is 1.54. The van der Waals surface area contributed by atoms with Crippen LogP contribution in [0.4, 0.5) is 0 Å². The molecule has 1 amide bonds. The first-order valence-electron chi connectivity index (χ1n) is 8.91. The van der Waals surface area contributed by atoms with Crippen LogP contribution in [0.2, 0.25) is 0 Å². The molecule has 0 unspecified atom stereocenters. The highest BCUT2D eigenvalue weighted by molar-refractivity contribution is 7.13. The lowest BCUT2D eigenvalue weighted by molar-refractivity contribution is -0.141. The van der Waals surface area contributed by atoms with Gasteiger partial charge < -0.3 is 10.4 Å². The summed E-state index contributed by atoms with van der Waals surface area (Å²) < 4.78 is 0. The molecule has 0 saturated heterocycles. The molecule has 0 radical (unpaired) electrons. The van der Waals surface area contributed by atoms with Crippen molar-refractivity contribution in [3.05, 3.63) is 71.0 Å². The minimum Gasteiger partial charge on any atom is -0.481 e. The third-order valence-corrected chi connectivity index (χ3v) is 5.24. The van der Waals surface area contributed by atoms with Crippen LogP contribution in [0, 0.1) is 12.8 Å². The monoisotopic (exact) mass is 395 g/mol. The molecule has 2 N–H and O–H groups in total. The Hall–Kier alpha value is -3.06. The van der Waals surface area contributed by atoms with Gasteiger partial charge in [-0.15, -0.1) is 11.3 Å². The Bertz CT molecular complexity index is 939. The van der Waals surface area contributed by atoms with Crippen LogP contribution in [-0.2, 0) is 22.4 Å². The smallest absolute Gasteiger partial charge is 0.308 e. The zero-order valence-electron chi connectivity index (χ0n) is 15.5. The number of rotatable bonds is 8. The van der Waals surface area contributed by atoms with Gasteiger partial charge in [0.2, 0.25) is 5.91 Å². The third-order valence-electron chi connectivity index (χ3n) is 4.30. The summed E-state index contributed by atoms with van der Waals surface area (Å²) in [6.45, 7) is 2.07. The van der Waals surface area contributed by atoms with Crippen LogP contribution in [0.5, 0.6) is 0 Å². The number of nitrogens with zero attached hydrogens (tertiary/aromatic N) is 2. The summed E-state index contributed by atoms with van der Waals surface area (Å²) in [5.41, 5.74) is 3.63. The maximum atomic E-state index is 12.2. The van der Waals surface area contributed by atoms with Crippen molar-refractivity contribution >= 4 is 23.2 Å². The summed E-state index contributed by atoms with van der Waals surface area (Å²) in [7, 11) is 0. The maximum absolute atomic E-state index is 12.2. The van der Waals surface area contributed by atoms with E-state index >= 15 is 0 Å². The van der Waals surface area contributed by atoms with Crippen LogP contribution in [-0.4, -0.2) is 33.5 Å². The number of carboxylic acids is 1.